The summed E-state index contributed by atoms with van der Waals surface area (Å²) in [6, 6.07) is 0.107. The minimum atomic E-state index is -0.197. The van der Waals surface area contributed by atoms with E-state index < -0.39 is 0 Å². The fraction of sp³-hybridized carbons (Fsp3) is 0.667. The van der Waals surface area contributed by atoms with Crippen molar-refractivity contribution in [3.63, 3.8) is 0 Å². The number of carbonyl (C=O) groups is 1. The van der Waals surface area contributed by atoms with E-state index in [-0.39, 0.29) is 11.9 Å². The average Bonchev–Trinajstić information content (AvgIpc) is 2.61. The molecule has 1 unspecified atom stereocenters. The number of nitrogen functional groups attached to an aromatic ring is 1. The number of hydrogen-bond donors (Lipinski definition) is 3. The average molecular weight is 253 g/mol. The molecule has 0 aliphatic rings. The van der Waals surface area contributed by atoms with E-state index in [9.17, 15) is 4.79 Å². The summed E-state index contributed by atoms with van der Waals surface area (Å²) in [5.74, 6) is 0.326. The molecule has 0 saturated heterocycles. The van der Waals surface area contributed by atoms with Crippen molar-refractivity contribution in [3.05, 3.63) is 11.9 Å². The maximum Gasteiger partial charge on any atom is 0.271 e. The molecule has 6 nitrogen and oxygen atoms in total. The highest BCUT2D eigenvalue weighted by Gasteiger charge is 2.18. The van der Waals surface area contributed by atoms with Gasteiger partial charge in [-0.1, -0.05) is 13.8 Å². The van der Waals surface area contributed by atoms with Gasteiger partial charge in [0.25, 0.3) is 5.91 Å². The van der Waals surface area contributed by atoms with Crippen LogP contribution in [0.15, 0.2) is 6.20 Å². The number of H-pyrrole nitrogens is 1. The standard InChI is InChI=1S/C12H23N5O/c1-8(2)5-9(7-17(3)4)15-12(18)11-10(13)6-14-16-11/h6,8-9H,5,7,13H2,1-4H3,(H,14,16)(H,15,18). The van der Waals surface area contributed by atoms with Crippen molar-refractivity contribution in [2.75, 3.05) is 26.4 Å². The number of nitrogens with one attached hydrogen (secondary N) is 2. The summed E-state index contributed by atoms with van der Waals surface area (Å²) in [7, 11) is 3.98. The minimum Gasteiger partial charge on any atom is -0.396 e. The number of carbonyl (C=O) groups excluding carboxylic acids is 1. The van der Waals surface area contributed by atoms with Crippen molar-refractivity contribution < 1.29 is 4.79 Å². The van der Waals surface area contributed by atoms with Crippen LogP contribution in [0.4, 0.5) is 5.69 Å². The van der Waals surface area contributed by atoms with Gasteiger partial charge in [0.05, 0.1) is 11.9 Å². The van der Waals surface area contributed by atoms with Gasteiger partial charge >= 0.3 is 0 Å². The Morgan fingerprint density at radius 1 is 1.56 bits per heavy atom. The monoisotopic (exact) mass is 253 g/mol. The van der Waals surface area contributed by atoms with Crippen molar-refractivity contribution in [2.24, 2.45) is 5.92 Å². The third-order valence-electron chi connectivity index (χ3n) is 2.57. The Labute approximate surface area is 108 Å². The van der Waals surface area contributed by atoms with Gasteiger partial charge in [-0.25, -0.2) is 0 Å². The second-order valence-corrected chi connectivity index (χ2v) is 5.26. The van der Waals surface area contributed by atoms with Crippen LogP contribution in [0, 0.1) is 5.92 Å². The van der Waals surface area contributed by atoms with Gasteiger partial charge in [0.1, 0.15) is 5.69 Å². The van der Waals surface area contributed by atoms with Crippen LogP contribution in [0.2, 0.25) is 0 Å². The third-order valence-corrected chi connectivity index (χ3v) is 2.57. The molecule has 1 aromatic heterocycles. The first-order chi connectivity index (χ1) is 8.40. The molecule has 1 aromatic rings. The van der Waals surface area contributed by atoms with E-state index in [1.807, 2.05) is 14.1 Å². The topological polar surface area (TPSA) is 87.0 Å². The summed E-state index contributed by atoms with van der Waals surface area (Å²) in [6.07, 6.45) is 2.37. The first-order valence-electron chi connectivity index (χ1n) is 6.14. The second-order valence-electron chi connectivity index (χ2n) is 5.26. The van der Waals surface area contributed by atoms with Crippen LogP contribution in [-0.2, 0) is 0 Å². The number of nitrogens with zero attached hydrogens (tertiary/aromatic N) is 2. The zero-order valence-corrected chi connectivity index (χ0v) is 11.5. The van der Waals surface area contributed by atoms with Gasteiger partial charge in [0, 0.05) is 12.6 Å². The van der Waals surface area contributed by atoms with E-state index in [0.717, 1.165) is 13.0 Å². The predicted molar refractivity (Wildman–Crippen MR) is 72.3 cm³/mol. The molecule has 0 aliphatic heterocycles. The predicted octanol–water partition coefficient (Wildman–Crippen LogP) is 0.698. The highest BCUT2D eigenvalue weighted by atomic mass is 16.2. The number of nitrogens with two attached hydrogens (primary N) is 1. The quantitative estimate of drug-likeness (QED) is 0.696. The van der Waals surface area contributed by atoms with Crippen LogP contribution in [0.1, 0.15) is 30.8 Å². The molecule has 0 bridgehead atoms. The van der Waals surface area contributed by atoms with E-state index >= 15 is 0 Å². The molecule has 4 N–H and O–H groups in total. The highest BCUT2D eigenvalue weighted by Crippen LogP contribution is 2.09. The van der Waals surface area contributed by atoms with E-state index in [0.29, 0.717) is 17.3 Å². The molecule has 0 spiro atoms. The lowest BCUT2D eigenvalue weighted by Gasteiger charge is -2.23. The Hall–Kier alpha value is -1.56. The molecule has 0 fully saturated rings. The first kappa shape index (κ1) is 14.5. The fourth-order valence-corrected chi connectivity index (χ4v) is 1.92. The van der Waals surface area contributed by atoms with E-state index in [4.69, 9.17) is 5.73 Å². The SMILES string of the molecule is CC(C)CC(CN(C)C)NC(=O)c1[nH]ncc1N. The summed E-state index contributed by atoms with van der Waals surface area (Å²) in [5, 5.41) is 9.36. The molecule has 0 saturated carbocycles. The number of aromatic amines is 1. The number of hydrogen-bond acceptors (Lipinski definition) is 4. The van der Waals surface area contributed by atoms with Gasteiger partial charge in [0.2, 0.25) is 0 Å². The molecule has 1 atom stereocenters. The Morgan fingerprint density at radius 3 is 2.67 bits per heavy atom. The smallest absolute Gasteiger partial charge is 0.271 e. The third kappa shape index (κ3) is 4.37. The number of amides is 1. The molecule has 0 aliphatic carbocycles. The zero-order chi connectivity index (χ0) is 13.7. The number of likely N-dealkylation sites (N-methyl/N-ethyl adjacent to an activating group) is 1. The number of aromatic nitrogens is 2. The van der Waals surface area contributed by atoms with E-state index in [1.165, 1.54) is 6.20 Å². The molecule has 18 heavy (non-hydrogen) atoms. The fourth-order valence-electron chi connectivity index (χ4n) is 1.92. The summed E-state index contributed by atoms with van der Waals surface area (Å²) in [6.45, 7) is 5.08. The van der Waals surface area contributed by atoms with Gasteiger partial charge in [-0.05, 0) is 26.4 Å². The molecule has 102 valence electrons. The second kappa shape index (κ2) is 6.39. The Bertz CT molecular complexity index is 376. The lowest BCUT2D eigenvalue weighted by molar-refractivity contribution is 0.0920. The van der Waals surface area contributed by atoms with E-state index in [1.54, 1.807) is 0 Å². The lowest BCUT2D eigenvalue weighted by atomic mass is 10.0. The van der Waals surface area contributed by atoms with Crippen molar-refractivity contribution in [1.82, 2.24) is 20.4 Å². The maximum atomic E-state index is 12.0. The lowest BCUT2D eigenvalue weighted by Crippen LogP contribution is -2.42. The highest BCUT2D eigenvalue weighted by molar-refractivity contribution is 5.97. The molecule has 0 radical (unpaired) electrons. The van der Waals surface area contributed by atoms with Crippen molar-refractivity contribution in [1.29, 1.82) is 0 Å². The van der Waals surface area contributed by atoms with Gasteiger partial charge in [-0.2, -0.15) is 5.10 Å². The molecular formula is C12H23N5O. The zero-order valence-electron chi connectivity index (χ0n) is 11.5. The summed E-state index contributed by atoms with van der Waals surface area (Å²) in [4.78, 5) is 14.1. The van der Waals surface area contributed by atoms with Crippen molar-refractivity contribution >= 4 is 11.6 Å². The molecule has 1 rings (SSSR count). The normalized spacial score (nSPS) is 13.0. The number of anilines is 1. The first-order valence-corrected chi connectivity index (χ1v) is 6.14. The van der Waals surface area contributed by atoms with Gasteiger partial charge in [-0.3, -0.25) is 9.89 Å². The maximum absolute atomic E-state index is 12.0. The largest absolute Gasteiger partial charge is 0.396 e. The van der Waals surface area contributed by atoms with Crippen molar-refractivity contribution in [2.45, 2.75) is 26.3 Å². The van der Waals surface area contributed by atoms with Crippen LogP contribution in [0.25, 0.3) is 0 Å². The molecule has 1 heterocycles. The summed E-state index contributed by atoms with van der Waals surface area (Å²) < 4.78 is 0. The Morgan fingerprint density at radius 2 is 2.22 bits per heavy atom. The van der Waals surface area contributed by atoms with Gasteiger partial charge < -0.3 is 16.0 Å². The number of rotatable bonds is 6. The molecular weight excluding hydrogens is 230 g/mol. The minimum absolute atomic E-state index is 0.107. The van der Waals surface area contributed by atoms with Crippen LogP contribution in [0.5, 0.6) is 0 Å². The Kier molecular flexibility index (Phi) is 5.15. The molecule has 6 heteroatoms. The molecule has 1 amide bonds. The van der Waals surface area contributed by atoms with E-state index in [2.05, 4.69) is 34.3 Å². The van der Waals surface area contributed by atoms with Gasteiger partial charge in [-0.15, -0.1) is 0 Å². The van der Waals surface area contributed by atoms with Crippen LogP contribution in [-0.4, -0.2) is 47.7 Å². The van der Waals surface area contributed by atoms with Crippen LogP contribution >= 0.6 is 0 Å². The summed E-state index contributed by atoms with van der Waals surface area (Å²) >= 11 is 0. The Balaban J connectivity index is 2.65. The van der Waals surface area contributed by atoms with Crippen molar-refractivity contribution in [3.8, 4) is 0 Å². The summed E-state index contributed by atoms with van der Waals surface area (Å²) in [5.41, 5.74) is 6.37. The van der Waals surface area contributed by atoms with Crippen LogP contribution in [0.3, 0.4) is 0 Å². The van der Waals surface area contributed by atoms with Gasteiger partial charge in [0.15, 0.2) is 0 Å². The van der Waals surface area contributed by atoms with Crippen LogP contribution < -0.4 is 11.1 Å². The molecule has 0 aromatic carbocycles.